The van der Waals surface area contributed by atoms with E-state index in [0.717, 1.165) is 38.8 Å². The topological polar surface area (TPSA) is 20.3 Å². The lowest BCUT2D eigenvalue weighted by atomic mass is 9.87. The van der Waals surface area contributed by atoms with Crippen LogP contribution in [0.15, 0.2) is 0 Å². The predicted octanol–water partition coefficient (Wildman–Crippen LogP) is 2.33. The van der Waals surface area contributed by atoms with Gasteiger partial charge in [-0.15, -0.1) is 0 Å². The molecule has 0 aromatic carbocycles. The standard InChI is InChI=1S/C12H23NO/c1-4-10(2)9-12(14)11-5-7-13(3)8-6-11/h10-11H,4-9H2,1-3H3. The zero-order valence-corrected chi connectivity index (χ0v) is 9.75. The number of carbonyl (C=O) groups excluding carboxylic acids is 1. The van der Waals surface area contributed by atoms with E-state index >= 15 is 0 Å². The monoisotopic (exact) mass is 197 g/mol. The SMILES string of the molecule is CCC(C)CC(=O)C1CCN(C)CC1. The number of likely N-dealkylation sites (tertiary alicyclic amines) is 1. The Kier molecular flexibility index (Phi) is 4.59. The molecule has 2 nitrogen and oxygen atoms in total. The number of rotatable bonds is 4. The predicted molar refractivity (Wildman–Crippen MR) is 59.3 cm³/mol. The van der Waals surface area contributed by atoms with Crippen LogP contribution in [0.2, 0.25) is 0 Å². The molecule has 0 aromatic heterocycles. The van der Waals surface area contributed by atoms with Gasteiger partial charge in [0.05, 0.1) is 0 Å². The van der Waals surface area contributed by atoms with E-state index in [4.69, 9.17) is 0 Å². The second kappa shape index (κ2) is 5.50. The summed E-state index contributed by atoms with van der Waals surface area (Å²) in [4.78, 5) is 14.2. The summed E-state index contributed by atoms with van der Waals surface area (Å²) in [5.41, 5.74) is 0. The number of Topliss-reactive ketones (excluding diaryl/α,β-unsaturated/α-hetero) is 1. The van der Waals surface area contributed by atoms with Gasteiger partial charge in [0.1, 0.15) is 5.78 Å². The molecule has 0 aromatic rings. The third kappa shape index (κ3) is 3.41. The first-order valence-corrected chi connectivity index (χ1v) is 5.84. The Morgan fingerprint density at radius 1 is 1.43 bits per heavy atom. The Morgan fingerprint density at radius 2 is 2.00 bits per heavy atom. The summed E-state index contributed by atoms with van der Waals surface area (Å²) in [6, 6.07) is 0. The largest absolute Gasteiger partial charge is 0.306 e. The highest BCUT2D eigenvalue weighted by Gasteiger charge is 2.23. The number of nitrogens with zero attached hydrogens (tertiary/aromatic N) is 1. The van der Waals surface area contributed by atoms with Crippen molar-refractivity contribution in [3.63, 3.8) is 0 Å². The Balaban J connectivity index is 2.30. The number of hydrogen-bond acceptors (Lipinski definition) is 2. The second-order valence-corrected chi connectivity index (χ2v) is 4.76. The Bertz CT molecular complexity index is 183. The summed E-state index contributed by atoms with van der Waals surface area (Å²) >= 11 is 0. The molecule has 1 unspecified atom stereocenters. The lowest BCUT2D eigenvalue weighted by molar-refractivity contribution is -0.125. The van der Waals surface area contributed by atoms with Crippen molar-refractivity contribution >= 4 is 5.78 Å². The highest BCUT2D eigenvalue weighted by Crippen LogP contribution is 2.21. The van der Waals surface area contributed by atoms with E-state index < -0.39 is 0 Å². The minimum absolute atomic E-state index is 0.361. The molecule has 1 rings (SSSR count). The third-order valence-electron chi connectivity index (χ3n) is 3.42. The highest BCUT2D eigenvalue weighted by atomic mass is 16.1. The first-order valence-electron chi connectivity index (χ1n) is 5.84. The molecule has 1 aliphatic rings. The van der Waals surface area contributed by atoms with Crippen LogP contribution in [0.3, 0.4) is 0 Å². The van der Waals surface area contributed by atoms with Crippen LogP contribution in [0.5, 0.6) is 0 Å². The molecule has 2 heteroatoms. The maximum atomic E-state index is 11.9. The summed E-state index contributed by atoms with van der Waals surface area (Å²) in [5, 5.41) is 0. The molecule has 0 aliphatic carbocycles. The van der Waals surface area contributed by atoms with Gasteiger partial charge in [0.15, 0.2) is 0 Å². The molecule has 1 aliphatic heterocycles. The quantitative estimate of drug-likeness (QED) is 0.689. The molecule has 1 heterocycles. The van der Waals surface area contributed by atoms with Gasteiger partial charge in [-0.2, -0.15) is 0 Å². The molecule has 0 radical (unpaired) electrons. The van der Waals surface area contributed by atoms with Crippen LogP contribution < -0.4 is 0 Å². The van der Waals surface area contributed by atoms with E-state index in [0.29, 0.717) is 17.6 Å². The van der Waals surface area contributed by atoms with Crippen LogP contribution in [0.4, 0.5) is 0 Å². The Morgan fingerprint density at radius 3 is 2.50 bits per heavy atom. The fraction of sp³-hybridized carbons (Fsp3) is 0.917. The van der Waals surface area contributed by atoms with Crippen LogP contribution in [-0.4, -0.2) is 30.8 Å². The summed E-state index contributed by atoms with van der Waals surface area (Å²) in [6.45, 7) is 6.52. The zero-order chi connectivity index (χ0) is 10.6. The van der Waals surface area contributed by atoms with E-state index in [-0.39, 0.29) is 0 Å². The van der Waals surface area contributed by atoms with Crippen molar-refractivity contribution in [2.75, 3.05) is 20.1 Å². The van der Waals surface area contributed by atoms with Crippen molar-refractivity contribution in [3.05, 3.63) is 0 Å². The molecule has 0 saturated carbocycles. The van der Waals surface area contributed by atoms with Gasteiger partial charge in [-0.1, -0.05) is 20.3 Å². The van der Waals surface area contributed by atoms with Crippen LogP contribution in [-0.2, 0) is 4.79 Å². The average molecular weight is 197 g/mol. The molecule has 0 bridgehead atoms. The number of ketones is 1. The first kappa shape index (κ1) is 11.7. The summed E-state index contributed by atoms with van der Waals surface area (Å²) in [5.74, 6) is 1.44. The smallest absolute Gasteiger partial charge is 0.136 e. The van der Waals surface area contributed by atoms with Crippen molar-refractivity contribution in [2.45, 2.75) is 39.5 Å². The van der Waals surface area contributed by atoms with E-state index in [1.807, 2.05) is 0 Å². The van der Waals surface area contributed by atoms with Gasteiger partial charge in [-0.3, -0.25) is 4.79 Å². The third-order valence-corrected chi connectivity index (χ3v) is 3.42. The molecule has 14 heavy (non-hydrogen) atoms. The molecule has 0 N–H and O–H groups in total. The molecule has 1 saturated heterocycles. The number of piperidine rings is 1. The minimum Gasteiger partial charge on any atom is -0.306 e. The zero-order valence-electron chi connectivity index (χ0n) is 9.75. The molecule has 1 atom stereocenters. The highest BCUT2D eigenvalue weighted by molar-refractivity contribution is 5.81. The van der Waals surface area contributed by atoms with Gasteiger partial charge in [-0.25, -0.2) is 0 Å². The van der Waals surface area contributed by atoms with Gasteiger partial charge in [0, 0.05) is 12.3 Å². The van der Waals surface area contributed by atoms with Crippen LogP contribution in [0.1, 0.15) is 39.5 Å². The minimum atomic E-state index is 0.361. The normalized spacial score (nSPS) is 22.2. The van der Waals surface area contributed by atoms with E-state index in [9.17, 15) is 4.79 Å². The van der Waals surface area contributed by atoms with E-state index in [1.54, 1.807) is 0 Å². The van der Waals surface area contributed by atoms with E-state index in [1.165, 1.54) is 0 Å². The summed E-state index contributed by atoms with van der Waals surface area (Å²) < 4.78 is 0. The lowest BCUT2D eigenvalue weighted by Gasteiger charge is -2.28. The lowest BCUT2D eigenvalue weighted by Crippen LogP contribution is -2.33. The summed E-state index contributed by atoms with van der Waals surface area (Å²) in [7, 11) is 2.13. The van der Waals surface area contributed by atoms with Crippen molar-refractivity contribution in [2.24, 2.45) is 11.8 Å². The molecule has 1 fully saturated rings. The van der Waals surface area contributed by atoms with Gasteiger partial charge < -0.3 is 4.90 Å². The van der Waals surface area contributed by atoms with Gasteiger partial charge in [0.25, 0.3) is 0 Å². The molecular formula is C12H23NO. The summed E-state index contributed by atoms with van der Waals surface area (Å²) in [6.07, 6.45) is 4.07. The Hall–Kier alpha value is -0.370. The molecule has 0 amide bonds. The fourth-order valence-electron chi connectivity index (χ4n) is 1.99. The van der Waals surface area contributed by atoms with Gasteiger partial charge >= 0.3 is 0 Å². The maximum Gasteiger partial charge on any atom is 0.136 e. The van der Waals surface area contributed by atoms with Crippen LogP contribution >= 0.6 is 0 Å². The van der Waals surface area contributed by atoms with Crippen molar-refractivity contribution < 1.29 is 4.79 Å². The first-order chi connectivity index (χ1) is 6.63. The van der Waals surface area contributed by atoms with Crippen molar-refractivity contribution in [3.8, 4) is 0 Å². The van der Waals surface area contributed by atoms with Crippen LogP contribution in [0, 0.1) is 11.8 Å². The number of carbonyl (C=O) groups is 1. The molecule has 82 valence electrons. The average Bonchev–Trinajstić information content (AvgIpc) is 2.18. The van der Waals surface area contributed by atoms with E-state index in [2.05, 4.69) is 25.8 Å². The molecule has 0 spiro atoms. The van der Waals surface area contributed by atoms with Gasteiger partial charge in [-0.05, 0) is 38.9 Å². The van der Waals surface area contributed by atoms with Crippen molar-refractivity contribution in [1.82, 2.24) is 4.90 Å². The number of hydrogen-bond donors (Lipinski definition) is 0. The maximum absolute atomic E-state index is 11.9. The second-order valence-electron chi connectivity index (χ2n) is 4.76. The van der Waals surface area contributed by atoms with Gasteiger partial charge in [0.2, 0.25) is 0 Å². The van der Waals surface area contributed by atoms with Crippen LogP contribution in [0.25, 0.3) is 0 Å². The fourth-order valence-corrected chi connectivity index (χ4v) is 1.99. The van der Waals surface area contributed by atoms with Crippen molar-refractivity contribution in [1.29, 1.82) is 0 Å². The Labute approximate surface area is 87.7 Å². The molecular weight excluding hydrogens is 174 g/mol.